The van der Waals surface area contributed by atoms with Crippen LogP contribution in [0.15, 0.2) is 31.9 Å². The van der Waals surface area contributed by atoms with Crippen molar-refractivity contribution in [3.63, 3.8) is 0 Å². The highest BCUT2D eigenvalue weighted by molar-refractivity contribution is 5.82. The normalized spacial score (nSPS) is 14.3. The SMILES string of the molecule is Cc1c(C)c2ccc(OCc3nc(C4CC4)no3)cc2oc1=O. The van der Waals surface area contributed by atoms with Gasteiger partial charge in [0.25, 0.3) is 5.89 Å². The second-order valence-corrected chi connectivity index (χ2v) is 5.91. The number of ether oxygens (including phenoxy) is 1. The number of aryl methyl sites for hydroxylation is 1. The molecule has 0 saturated heterocycles. The third kappa shape index (κ3) is 2.60. The minimum atomic E-state index is -0.321. The topological polar surface area (TPSA) is 78.4 Å². The van der Waals surface area contributed by atoms with Crippen molar-refractivity contribution in [2.24, 2.45) is 0 Å². The standard InChI is InChI=1S/C17H16N2O4/c1-9-10(2)17(20)22-14-7-12(5-6-13(9)14)21-8-15-18-16(19-23-15)11-3-4-11/h5-7,11H,3-4,8H2,1-2H3. The third-order valence-corrected chi connectivity index (χ3v) is 4.22. The lowest BCUT2D eigenvalue weighted by Crippen LogP contribution is -2.05. The maximum atomic E-state index is 11.8. The van der Waals surface area contributed by atoms with Crippen LogP contribution in [0, 0.1) is 13.8 Å². The molecule has 0 radical (unpaired) electrons. The molecule has 1 aliphatic carbocycles. The minimum absolute atomic E-state index is 0.195. The van der Waals surface area contributed by atoms with E-state index in [1.807, 2.05) is 19.1 Å². The van der Waals surface area contributed by atoms with Crippen LogP contribution in [0.3, 0.4) is 0 Å². The molecule has 0 N–H and O–H groups in total. The number of benzene rings is 1. The Morgan fingerprint density at radius 1 is 1.26 bits per heavy atom. The van der Waals surface area contributed by atoms with Gasteiger partial charge in [-0.1, -0.05) is 5.16 Å². The fourth-order valence-electron chi connectivity index (χ4n) is 2.50. The number of rotatable bonds is 4. The largest absolute Gasteiger partial charge is 0.484 e. The Bertz CT molecular complexity index is 937. The van der Waals surface area contributed by atoms with E-state index in [9.17, 15) is 4.79 Å². The van der Waals surface area contributed by atoms with Crippen LogP contribution in [-0.4, -0.2) is 10.1 Å². The van der Waals surface area contributed by atoms with E-state index >= 15 is 0 Å². The van der Waals surface area contributed by atoms with Crippen molar-refractivity contribution in [1.29, 1.82) is 0 Å². The summed E-state index contributed by atoms with van der Waals surface area (Å²) in [6.07, 6.45) is 2.25. The van der Waals surface area contributed by atoms with E-state index in [0.29, 0.717) is 28.7 Å². The van der Waals surface area contributed by atoms with Gasteiger partial charge in [0.15, 0.2) is 12.4 Å². The lowest BCUT2D eigenvalue weighted by Gasteiger charge is -2.07. The van der Waals surface area contributed by atoms with E-state index in [1.165, 1.54) is 0 Å². The molecule has 0 aliphatic heterocycles. The first-order chi connectivity index (χ1) is 11.1. The number of fused-ring (bicyclic) bond motifs is 1. The molecule has 1 fully saturated rings. The summed E-state index contributed by atoms with van der Waals surface area (Å²) in [4.78, 5) is 16.1. The molecule has 6 nitrogen and oxygen atoms in total. The van der Waals surface area contributed by atoms with Gasteiger partial charge in [0, 0.05) is 22.9 Å². The zero-order valence-corrected chi connectivity index (χ0v) is 13.0. The van der Waals surface area contributed by atoms with Crippen molar-refractivity contribution in [2.75, 3.05) is 0 Å². The molecular weight excluding hydrogens is 296 g/mol. The van der Waals surface area contributed by atoms with Gasteiger partial charge >= 0.3 is 5.63 Å². The molecule has 23 heavy (non-hydrogen) atoms. The van der Waals surface area contributed by atoms with Crippen LogP contribution >= 0.6 is 0 Å². The van der Waals surface area contributed by atoms with Crippen molar-refractivity contribution >= 4 is 11.0 Å². The zero-order valence-electron chi connectivity index (χ0n) is 13.0. The van der Waals surface area contributed by atoms with Crippen LogP contribution in [0.5, 0.6) is 5.75 Å². The quantitative estimate of drug-likeness (QED) is 0.688. The van der Waals surface area contributed by atoms with Crippen LogP contribution in [0.1, 0.15) is 41.6 Å². The number of hydrogen-bond donors (Lipinski definition) is 0. The lowest BCUT2D eigenvalue weighted by molar-refractivity contribution is 0.242. The molecule has 1 aromatic carbocycles. The minimum Gasteiger partial charge on any atom is -0.484 e. The van der Waals surface area contributed by atoms with Crippen LogP contribution < -0.4 is 10.4 Å². The van der Waals surface area contributed by atoms with Crippen molar-refractivity contribution in [3.8, 4) is 5.75 Å². The van der Waals surface area contributed by atoms with Crippen LogP contribution in [0.2, 0.25) is 0 Å². The van der Waals surface area contributed by atoms with Gasteiger partial charge in [-0.3, -0.25) is 0 Å². The average molecular weight is 312 g/mol. The monoisotopic (exact) mass is 312 g/mol. The van der Waals surface area contributed by atoms with Crippen molar-refractivity contribution < 1.29 is 13.7 Å². The Balaban J connectivity index is 1.56. The molecule has 118 valence electrons. The van der Waals surface area contributed by atoms with E-state index in [0.717, 1.165) is 29.6 Å². The second kappa shape index (κ2) is 5.22. The summed E-state index contributed by atoms with van der Waals surface area (Å²) >= 11 is 0. The summed E-state index contributed by atoms with van der Waals surface area (Å²) in [6.45, 7) is 3.87. The van der Waals surface area contributed by atoms with Crippen LogP contribution in [-0.2, 0) is 6.61 Å². The molecule has 0 amide bonds. The summed E-state index contributed by atoms with van der Waals surface area (Å²) in [5.41, 5.74) is 1.75. The molecular formula is C17H16N2O4. The Morgan fingerprint density at radius 3 is 2.87 bits per heavy atom. The molecule has 1 saturated carbocycles. The molecule has 0 atom stereocenters. The highest BCUT2D eigenvalue weighted by Gasteiger charge is 2.28. The van der Waals surface area contributed by atoms with Gasteiger partial charge in [0.2, 0.25) is 0 Å². The molecule has 4 rings (SSSR count). The summed E-state index contributed by atoms with van der Waals surface area (Å²) < 4.78 is 16.2. The van der Waals surface area contributed by atoms with E-state index in [-0.39, 0.29) is 12.2 Å². The van der Waals surface area contributed by atoms with Crippen molar-refractivity contribution in [3.05, 3.63) is 51.5 Å². The highest BCUT2D eigenvalue weighted by Crippen LogP contribution is 2.38. The van der Waals surface area contributed by atoms with E-state index in [4.69, 9.17) is 13.7 Å². The maximum Gasteiger partial charge on any atom is 0.339 e. The molecule has 0 unspecified atom stereocenters. The number of aromatic nitrogens is 2. The van der Waals surface area contributed by atoms with Gasteiger partial charge in [0.05, 0.1) is 0 Å². The average Bonchev–Trinajstić information content (AvgIpc) is 3.29. The van der Waals surface area contributed by atoms with Crippen LogP contribution in [0.25, 0.3) is 11.0 Å². The van der Waals surface area contributed by atoms with Crippen molar-refractivity contribution in [2.45, 2.75) is 39.2 Å². The predicted molar refractivity (Wildman–Crippen MR) is 82.6 cm³/mol. The molecule has 2 heterocycles. The van der Waals surface area contributed by atoms with E-state index < -0.39 is 0 Å². The fraction of sp³-hybridized carbons (Fsp3) is 0.353. The van der Waals surface area contributed by atoms with E-state index in [2.05, 4.69) is 10.1 Å². The van der Waals surface area contributed by atoms with Gasteiger partial charge in [-0.25, -0.2) is 4.79 Å². The summed E-state index contributed by atoms with van der Waals surface area (Å²) in [7, 11) is 0. The summed E-state index contributed by atoms with van der Waals surface area (Å²) in [6, 6.07) is 5.44. The maximum absolute atomic E-state index is 11.8. The first kappa shape index (κ1) is 14.0. The Labute approximate surface area is 132 Å². The lowest BCUT2D eigenvalue weighted by atomic mass is 10.1. The Hall–Kier alpha value is -2.63. The molecule has 2 aromatic heterocycles. The van der Waals surface area contributed by atoms with Gasteiger partial charge in [0.1, 0.15) is 11.3 Å². The molecule has 6 heteroatoms. The highest BCUT2D eigenvalue weighted by atomic mass is 16.5. The summed E-state index contributed by atoms with van der Waals surface area (Å²) in [5.74, 6) is 2.26. The number of nitrogens with zero attached hydrogens (tertiary/aromatic N) is 2. The van der Waals surface area contributed by atoms with Gasteiger partial charge in [-0.2, -0.15) is 4.98 Å². The Kier molecular flexibility index (Phi) is 3.18. The van der Waals surface area contributed by atoms with Gasteiger partial charge < -0.3 is 13.7 Å². The smallest absolute Gasteiger partial charge is 0.339 e. The number of hydrogen-bond acceptors (Lipinski definition) is 6. The Morgan fingerprint density at radius 2 is 2.09 bits per heavy atom. The molecule has 0 bridgehead atoms. The first-order valence-corrected chi connectivity index (χ1v) is 7.61. The van der Waals surface area contributed by atoms with E-state index in [1.54, 1.807) is 13.0 Å². The fourth-order valence-corrected chi connectivity index (χ4v) is 2.50. The predicted octanol–water partition coefficient (Wildman–Crippen LogP) is 3.25. The third-order valence-electron chi connectivity index (χ3n) is 4.22. The van der Waals surface area contributed by atoms with Gasteiger partial charge in [-0.15, -0.1) is 0 Å². The summed E-state index contributed by atoms with van der Waals surface area (Å²) in [5, 5.41) is 4.85. The van der Waals surface area contributed by atoms with Gasteiger partial charge in [-0.05, 0) is 44.4 Å². The second-order valence-electron chi connectivity index (χ2n) is 5.91. The molecule has 1 aliphatic rings. The van der Waals surface area contributed by atoms with Crippen molar-refractivity contribution in [1.82, 2.24) is 10.1 Å². The zero-order chi connectivity index (χ0) is 16.0. The van der Waals surface area contributed by atoms with Crippen LogP contribution in [0.4, 0.5) is 0 Å². The molecule has 0 spiro atoms. The first-order valence-electron chi connectivity index (χ1n) is 7.61. The molecule has 3 aromatic rings.